The molecule has 1 atom stereocenters. The van der Waals surface area contributed by atoms with Gasteiger partial charge in [0.25, 0.3) is 0 Å². The van der Waals surface area contributed by atoms with Crippen molar-refractivity contribution in [1.82, 2.24) is 4.31 Å². The van der Waals surface area contributed by atoms with Crippen molar-refractivity contribution in [2.75, 3.05) is 25.5 Å². The van der Waals surface area contributed by atoms with Gasteiger partial charge in [-0.2, -0.15) is 4.31 Å². The Bertz CT molecular complexity index is 547. The fourth-order valence-electron chi connectivity index (χ4n) is 1.91. The number of sulfonamides is 1. The molecule has 1 saturated heterocycles. The number of rotatable bonds is 2. The van der Waals surface area contributed by atoms with E-state index in [0.717, 1.165) is 12.1 Å². The van der Waals surface area contributed by atoms with Crippen molar-refractivity contribution in [3.63, 3.8) is 0 Å². The van der Waals surface area contributed by atoms with Crippen molar-refractivity contribution in [2.24, 2.45) is 0 Å². The molecule has 0 bridgehead atoms. The van der Waals surface area contributed by atoms with Gasteiger partial charge in [-0.15, -0.1) is 0 Å². The van der Waals surface area contributed by atoms with Gasteiger partial charge < -0.3 is 10.5 Å². The van der Waals surface area contributed by atoms with E-state index in [0.29, 0.717) is 13.2 Å². The molecule has 0 unspecified atom stereocenters. The summed E-state index contributed by atoms with van der Waals surface area (Å²) in [6.07, 6.45) is 0. The summed E-state index contributed by atoms with van der Waals surface area (Å²) in [5.41, 5.74) is 5.73. The molecule has 0 aliphatic carbocycles. The third-order valence-electron chi connectivity index (χ3n) is 2.85. The van der Waals surface area contributed by atoms with Crippen LogP contribution >= 0.6 is 0 Å². The van der Waals surface area contributed by atoms with E-state index in [1.54, 1.807) is 6.92 Å². The van der Waals surface area contributed by atoms with Crippen molar-refractivity contribution in [2.45, 2.75) is 17.9 Å². The molecule has 2 rings (SSSR count). The van der Waals surface area contributed by atoms with Crippen LogP contribution in [0.15, 0.2) is 23.1 Å². The van der Waals surface area contributed by atoms with E-state index in [1.165, 1.54) is 10.4 Å². The first-order valence-corrected chi connectivity index (χ1v) is 7.01. The molecule has 0 amide bonds. The molecule has 2 N–H and O–H groups in total. The summed E-state index contributed by atoms with van der Waals surface area (Å²) < 4.78 is 44.8. The van der Waals surface area contributed by atoms with Gasteiger partial charge in [-0.05, 0) is 25.1 Å². The molecule has 100 valence electrons. The zero-order chi connectivity index (χ0) is 13.3. The van der Waals surface area contributed by atoms with Gasteiger partial charge in [0.1, 0.15) is 10.7 Å². The molecule has 0 saturated carbocycles. The lowest BCUT2D eigenvalue weighted by atomic mass is 10.3. The first kappa shape index (κ1) is 13.3. The van der Waals surface area contributed by atoms with Gasteiger partial charge in [0.15, 0.2) is 0 Å². The number of benzene rings is 1. The molecule has 1 fully saturated rings. The maximum Gasteiger partial charge on any atom is 0.246 e. The maximum atomic E-state index is 13.7. The van der Waals surface area contributed by atoms with E-state index >= 15 is 0 Å². The lowest BCUT2D eigenvalue weighted by molar-refractivity contribution is 0.0392. The van der Waals surface area contributed by atoms with Crippen LogP contribution in [0.1, 0.15) is 6.92 Å². The molecule has 7 heteroatoms. The zero-order valence-corrected chi connectivity index (χ0v) is 10.8. The predicted molar refractivity (Wildman–Crippen MR) is 65.0 cm³/mol. The summed E-state index contributed by atoms with van der Waals surface area (Å²) in [6.45, 7) is 2.56. The van der Waals surface area contributed by atoms with Crippen LogP contribution in [0, 0.1) is 5.82 Å². The van der Waals surface area contributed by atoms with E-state index in [-0.39, 0.29) is 23.2 Å². The number of hydrogen-bond donors (Lipinski definition) is 1. The fraction of sp³-hybridized carbons (Fsp3) is 0.455. The minimum Gasteiger partial charge on any atom is -0.399 e. The van der Waals surface area contributed by atoms with Gasteiger partial charge in [-0.1, -0.05) is 0 Å². The minimum atomic E-state index is -3.87. The molecule has 1 aliphatic rings. The van der Waals surface area contributed by atoms with Crippen molar-refractivity contribution in [3.05, 3.63) is 24.0 Å². The van der Waals surface area contributed by atoms with Crippen LogP contribution in [0.5, 0.6) is 0 Å². The molecule has 0 radical (unpaired) electrons. The van der Waals surface area contributed by atoms with Crippen LogP contribution in [0.2, 0.25) is 0 Å². The van der Waals surface area contributed by atoms with E-state index in [4.69, 9.17) is 10.5 Å². The molecule has 5 nitrogen and oxygen atoms in total. The summed E-state index contributed by atoms with van der Waals surface area (Å²) in [4.78, 5) is -0.378. The Kier molecular flexibility index (Phi) is 3.56. The molecule has 1 aromatic rings. The number of nitrogen functional groups attached to an aromatic ring is 1. The fourth-order valence-corrected chi connectivity index (χ4v) is 3.61. The molecular weight excluding hydrogens is 259 g/mol. The summed E-state index contributed by atoms with van der Waals surface area (Å²) in [6, 6.07) is 3.22. The number of ether oxygens (including phenoxy) is 1. The molecule has 1 heterocycles. The Morgan fingerprint density at radius 3 is 2.89 bits per heavy atom. The van der Waals surface area contributed by atoms with E-state index in [1.807, 2.05) is 0 Å². The predicted octanol–water partition coefficient (Wildman–Crippen LogP) is 0.817. The summed E-state index contributed by atoms with van der Waals surface area (Å²) in [5, 5.41) is 0. The average Bonchev–Trinajstić information content (AvgIpc) is 2.32. The standard InChI is InChI=1S/C11H15FN2O3S/c1-8-7-17-5-4-14(8)18(15,16)11-6-9(13)2-3-10(11)12/h2-3,6,8H,4-5,7,13H2,1H3/t8-/m1/s1. The van der Waals surface area contributed by atoms with Crippen molar-refractivity contribution >= 4 is 15.7 Å². The van der Waals surface area contributed by atoms with Crippen LogP contribution in [0.3, 0.4) is 0 Å². The monoisotopic (exact) mass is 274 g/mol. The second-order valence-corrected chi connectivity index (χ2v) is 6.09. The number of morpholine rings is 1. The third-order valence-corrected chi connectivity index (χ3v) is 4.88. The van der Waals surface area contributed by atoms with Crippen LogP contribution in [-0.4, -0.2) is 38.5 Å². The lowest BCUT2D eigenvalue weighted by Crippen LogP contribution is -2.47. The van der Waals surface area contributed by atoms with E-state index < -0.39 is 15.8 Å². The van der Waals surface area contributed by atoms with Gasteiger partial charge in [-0.25, -0.2) is 12.8 Å². The van der Waals surface area contributed by atoms with E-state index in [2.05, 4.69) is 0 Å². The highest BCUT2D eigenvalue weighted by atomic mass is 32.2. The Hall–Kier alpha value is -1.18. The summed E-state index contributed by atoms with van der Waals surface area (Å²) >= 11 is 0. The maximum absolute atomic E-state index is 13.7. The minimum absolute atomic E-state index is 0.218. The Balaban J connectivity index is 2.44. The van der Waals surface area contributed by atoms with Crippen molar-refractivity contribution in [3.8, 4) is 0 Å². The molecular formula is C11H15FN2O3S. The zero-order valence-electron chi connectivity index (χ0n) is 9.97. The highest BCUT2D eigenvalue weighted by Crippen LogP contribution is 2.24. The van der Waals surface area contributed by atoms with Crippen LogP contribution in [0.25, 0.3) is 0 Å². The number of hydrogen-bond acceptors (Lipinski definition) is 4. The van der Waals surface area contributed by atoms with Gasteiger partial charge in [0.2, 0.25) is 10.0 Å². The summed E-state index contributed by atoms with van der Waals surface area (Å²) in [7, 11) is -3.87. The average molecular weight is 274 g/mol. The van der Waals surface area contributed by atoms with Gasteiger partial charge in [0, 0.05) is 18.3 Å². The molecule has 1 aliphatic heterocycles. The van der Waals surface area contributed by atoms with Crippen LogP contribution in [-0.2, 0) is 14.8 Å². The van der Waals surface area contributed by atoms with Crippen molar-refractivity contribution < 1.29 is 17.5 Å². The Morgan fingerprint density at radius 2 is 2.22 bits per heavy atom. The van der Waals surface area contributed by atoms with Gasteiger partial charge >= 0.3 is 0 Å². The molecule has 1 aromatic carbocycles. The highest BCUT2D eigenvalue weighted by molar-refractivity contribution is 7.89. The van der Waals surface area contributed by atoms with Gasteiger partial charge in [-0.3, -0.25) is 0 Å². The number of halogens is 1. The van der Waals surface area contributed by atoms with Crippen molar-refractivity contribution in [1.29, 1.82) is 0 Å². The lowest BCUT2D eigenvalue weighted by Gasteiger charge is -2.32. The van der Waals surface area contributed by atoms with E-state index in [9.17, 15) is 12.8 Å². The summed E-state index contributed by atoms with van der Waals surface area (Å²) in [5.74, 6) is -0.789. The Labute approximate surface area is 105 Å². The first-order chi connectivity index (χ1) is 8.43. The number of nitrogens with two attached hydrogens (primary N) is 1. The second-order valence-electron chi connectivity index (χ2n) is 4.23. The normalized spacial score (nSPS) is 22.0. The first-order valence-electron chi connectivity index (χ1n) is 5.57. The van der Waals surface area contributed by atoms with Crippen LogP contribution in [0.4, 0.5) is 10.1 Å². The Morgan fingerprint density at radius 1 is 1.50 bits per heavy atom. The SMILES string of the molecule is C[C@@H]1COCCN1S(=O)(=O)c1cc(N)ccc1F. The largest absolute Gasteiger partial charge is 0.399 e. The number of anilines is 1. The smallest absolute Gasteiger partial charge is 0.246 e. The topological polar surface area (TPSA) is 72.6 Å². The quantitative estimate of drug-likeness (QED) is 0.810. The van der Waals surface area contributed by atoms with Gasteiger partial charge in [0.05, 0.1) is 13.2 Å². The second kappa shape index (κ2) is 4.83. The number of nitrogens with zero attached hydrogens (tertiary/aromatic N) is 1. The van der Waals surface area contributed by atoms with Crippen LogP contribution < -0.4 is 5.73 Å². The third kappa shape index (κ3) is 2.33. The molecule has 0 spiro atoms. The highest BCUT2D eigenvalue weighted by Gasteiger charge is 2.33. The molecule has 18 heavy (non-hydrogen) atoms. The molecule has 0 aromatic heterocycles.